The molecule has 2 rings (SSSR count). The van der Waals surface area contributed by atoms with Crippen LogP contribution < -0.4 is 10.1 Å². The summed E-state index contributed by atoms with van der Waals surface area (Å²) >= 11 is 0. The summed E-state index contributed by atoms with van der Waals surface area (Å²) in [7, 11) is 0. The quantitative estimate of drug-likeness (QED) is 0.843. The van der Waals surface area contributed by atoms with Gasteiger partial charge in [0.05, 0.1) is 0 Å². The predicted molar refractivity (Wildman–Crippen MR) is 64.3 cm³/mol. The summed E-state index contributed by atoms with van der Waals surface area (Å²) in [6.07, 6.45) is 1.65. The number of carboxylic acid groups (broad SMARTS) is 1. The van der Waals surface area contributed by atoms with Crippen LogP contribution in [0.5, 0.6) is 5.75 Å². The summed E-state index contributed by atoms with van der Waals surface area (Å²) < 4.78 is 17.8. The van der Waals surface area contributed by atoms with E-state index in [0.29, 0.717) is 18.6 Å². The van der Waals surface area contributed by atoms with Crippen LogP contribution in [0, 0.1) is 5.82 Å². The van der Waals surface area contributed by atoms with Crippen LogP contribution >= 0.6 is 0 Å². The molecule has 0 radical (unpaired) electrons. The maximum absolute atomic E-state index is 12.7. The second kappa shape index (κ2) is 5.26. The highest BCUT2D eigenvalue weighted by Gasteiger charge is 2.45. The van der Waals surface area contributed by atoms with E-state index in [4.69, 9.17) is 9.84 Å². The number of hydrogen-bond acceptors (Lipinski definition) is 3. The molecule has 1 aromatic rings. The Morgan fingerprint density at radius 3 is 2.42 bits per heavy atom. The lowest BCUT2D eigenvalue weighted by Gasteiger charge is -2.38. The maximum Gasteiger partial charge on any atom is 0.329 e. The van der Waals surface area contributed by atoms with Crippen LogP contribution in [0.25, 0.3) is 0 Å². The number of nitrogens with one attached hydrogen (secondary N) is 1. The fourth-order valence-corrected chi connectivity index (χ4v) is 1.91. The van der Waals surface area contributed by atoms with Crippen LogP contribution in [0.15, 0.2) is 24.3 Å². The molecule has 0 aromatic heterocycles. The van der Waals surface area contributed by atoms with Gasteiger partial charge in [-0.15, -0.1) is 0 Å². The highest BCUT2D eigenvalue weighted by Crippen LogP contribution is 2.31. The third-order valence-corrected chi connectivity index (χ3v) is 3.18. The van der Waals surface area contributed by atoms with E-state index < -0.39 is 23.2 Å². The number of hydrogen-bond donors (Lipinski definition) is 2. The lowest BCUT2D eigenvalue weighted by Crippen LogP contribution is -2.59. The van der Waals surface area contributed by atoms with Crippen LogP contribution in [0.4, 0.5) is 4.39 Å². The van der Waals surface area contributed by atoms with Gasteiger partial charge in [-0.3, -0.25) is 4.79 Å². The van der Waals surface area contributed by atoms with Gasteiger partial charge in [0, 0.05) is 0 Å². The van der Waals surface area contributed by atoms with Crippen molar-refractivity contribution in [1.82, 2.24) is 5.32 Å². The van der Waals surface area contributed by atoms with Crippen molar-refractivity contribution in [2.45, 2.75) is 24.8 Å². The zero-order chi connectivity index (χ0) is 13.9. The average Bonchev–Trinajstić information content (AvgIpc) is 2.32. The Hall–Kier alpha value is -2.11. The van der Waals surface area contributed by atoms with Crippen molar-refractivity contribution in [2.24, 2.45) is 0 Å². The van der Waals surface area contributed by atoms with Gasteiger partial charge in [0.25, 0.3) is 5.91 Å². The van der Waals surface area contributed by atoms with E-state index in [2.05, 4.69) is 5.32 Å². The first-order valence-electron chi connectivity index (χ1n) is 5.95. The highest BCUT2D eigenvalue weighted by atomic mass is 19.1. The molecule has 1 amide bonds. The summed E-state index contributed by atoms with van der Waals surface area (Å²) in [4.78, 5) is 22.7. The maximum atomic E-state index is 12.7. The molecule has 0 aliphatic heterocycles. The first-order valence-corrected chi connectivity index (χ1v) is 5.95. The molecule has 0 bridgehead atoms. The zero-order valence-electron chi connectivity index (χ0n) is 10.2. The van der Waals surface area contributed by atoms with Crippen molar-refractivity contribution in [1.29, 1.82) is 0 Å². The van der Waals surface area contributed by atoms with E-state index >= 15 is 0 Å². The van der Waals surface area contributed by atoms with Gasteiger partial charge in [0.1, 0.15) is 17.1 Å². The summed E-state index contributed by atoms with van der Waals surface area (Å²) in [5, 5.41) is 11.5. The predicted octanol–water partition coefficient (Wildman–Crippen LogP) is 1.33. The molecule has 5 nitrogen and oxygen atoms in total. The highest BCUT2D eigenvalue weighted by molar-refractivity contribution is 5.88. The monoisotopic (exact) mass is 267 g/mol. The Bertz CT molecular complexity index is 482. The van der Waals surface area contributed by atoms with Gasteiger partial charge in [-0.2, -0.15) is 0 Å². The Balaban J connectivity index is 1.85. The van der Waals surface area contributed by atoms with Gasteiger partial charge in [0.2, 0.25) is 0 Å². The number of ether oxygens (including phenoxy) is 1. The molecule has 1 aromatic carbocycles. The lowest BCUT2D eigenvalue weighted by molar-refractivity contribution is -0.152. The summed E-state index contributed by atoms with van der Waals surface area (Å²) in [6.45, 7) is -0.291. The fraction of sp³-hybridized carbons (Fsp3) is 0.385. The molecular weight excluding hydrogens is 253 g/mol. The molecule has 1 fully saturated rings. The van der Waals surface area contributed by atoms with Crippen LogP contribution in [-0.2, 0) is 9.59 Å². The topological polar surface area (TPSA) is 75.6 Å². The van der Waals surface area contributed by atoms with E-state index in [9.17, 15) is 14.0 Å². The molecule has 6 heteroatoms. The Morgan fingerprint density at radius 2 is 1.95 bits per heavy atom. The fourth-order valence-electron chi connectivity index (χ4n) is 1.91. The number of benzene rings is 1. The van der Waals surface area contributed by atoms with Crippen LogP contribution in [-0.4, -0.2) is 29.1 Å². The van der Waals surface area contributed by atoms with Crippen LogP contribution in [0.1, 0.15) is 19.3 Å². The lowest BCUT2D eigenvalue weighted by atomic mass is 9.77. The molecule has 0 spiro atoms. The van der Waals surface area contributed by atoms with Gasteiger partial charge in [0.15, 0.2) is 6.61 Å². The number of carbonyl (C=O) groups excluding carboxylic acids is 1. The molecule has 1 aliphatic rings. The van der Waals surface area contributed by atoms with E-state index in [1.807, 2.05) is 0 Å². The van der Waals surface area contributed by atoms with Crippen molar-refractivity contribution in [2.75, 3.05) is 6.61 Å². The van der Waals surface area contributed by atoms with Crippen molar-refractivity contribution in [3.8, 4) is 5.75 Å². The molecule has 0 atom stereocenters. The van der Waals surface area contributed by atoms with Gasteiger partial charge in [-0.1, -0.05) is 0 Å². The molecule has 102 valence electrons. The number of carboxylic acids is 1. The van der Waals surface area contributed by atoms with Gasteiger partial charge < -0.3 is 15.2 Å². The Kier molecular flexibility index (Phi) is 3.69. The molecule has 0 saturated heterocycles. The molecule has 2 N–H and O–H groups in total. The van der Waals surface area contributed by atoms with Gasteiger partial charge in [-0.25, -0.2) is 9.18 Å². The van der Waals surface area contributed by atoms with Crippen molar-refractivity contribution in [3.63, 3.8) is 0 Å². The van der Waals surface area contributed by atoms with E-state index in [1.54, 1.807) is 0 Å². The van der Waals surface area contributed by atoms with Crippen LogP contribution in [0.3, 0.4) is 0 Å². The second-order valence-electron chi connectivity index (χ2n) is 4.53. The number of aliphatic carboxylic acids is 1. The standard InChI is InChI=1S/C13H14FNO4/c14-9-2-4-10(5-3-9)19-8-11(16)15-13(12(17)18)6-1-7-13/h2-5H,1,6-8H2,(H,15,16)(H,17,18). The normalized spacial score (nSPS) is 16.3. The zero-order valence-corrected chi connectivity index (χ0v) is 10.2. The molecule has 0 unspecified atom stereocenters. The van der Waals surface area contributed by atoms with Crippen molar-refractivity contribution >= 4 is 11.9 Å². The van der Waals surface area contributed by atoms with E-state index in [0.717, 1.165) is 6.42 Å². The van der Waals surface area contributed by atoms with Crippen LogP contribution in [0.2, 0.25) is 0 Å². The number of carbonyl (C=O) groups is 2. The minimum absolute atomic E-state index is 0.291. The van der Waals surface area contributed by atoms with Gasteiger partial charge in [-0.05, 0) is 43.5 Å². The average molecular weight is 267 g/mol. The molecule has 1 saturated carbocycles. The summed E-state index contributed by atoms with van der Waals surface area (Å²) in [5.41, 5.74) is -1.14. The Morgan fingerprint density at radius 1 is 1.32 bits per heavy atom. The minimum Gasteiger partial charge on any atom is -0.484 e. The van der Waals surface area contributed by atoms with Gasteiger partial charge >= 0.3 is 5.97 Å². The largest absolute Gasteiger partial charge is 0.484 e. The van der Waals surface area contributed by atoms with E-state index in [-0.39, 0.29) is 6.61 Å². The second-order valence-corrected chi connectivity index (χ2v) is 4.53. The summed E-state index contributed by atoms with van der Waals surface area (Å²) in [5.74, 6) is -1.55. The SMILES string of the molecule is O=C(COc1ccc(F)cc1)NC1(C(=O)O)CCC1. The number of amides is 1. The smallest absolute Gasteiger partial charge is 0.329 e. The number of halogens is 1. The first-order chi connectivity index (χ1) is 9.02. The first kappa shape index (κ1) is 13.3. The number of rotatable bonds is 5. The summed E-state index contributed by atoms with van der Waals surface area (Å²) in [6, 6.07) is 5.24. The molecule has 19 heavy (non-hydrogen) atoms. The molecular formula is C13H14FNO4. The molecule has 1 aliphatic carbocycles. The molecule has 0 heterocycles. The Labute approximate surface area is 109 Å². The minimum atomic E-state index is -1.14. The van der Waals surface area contributed by atoms with Crippen molar-refractivity contribution in [3.05, 3.63) is 30.1 Å². The third-order valence-electron chi connectivity index (χ3n) is 3.18. The van der Waals surface area contributed by atoms with Crippen molar-refractivity contribution < 1.29 is 23.8 Å². The van der Waals surface area contributed by atoms with E-state index in [1.165, 1.54) is 24.3 Å². The third kappa shape index (κ3) is 3.01.